The van der Waals surface area contributed by atoms with E-state index >= 15 is 0 Å². The summed E-state index contributed by atoms with van der Waals surface area (Å²) < 4.78 is 97.0. The molecular formula is C40H26. The predicted octanol–water partition coefficient (Wildman–Crippen LogP) is 11.3. The maximum absolute atomic E-state index is 9.27. The highest BCUT2D eigenvalue weighted by molar-refractivity contribution is 6.24. The van der Waals surface area contributed by atoms with E-state index in [1.54, 1.807) is 6.07 Å². The second-order valence-corrected chi connectivity index (χ2v) is 9.65. The van der Waals surface area contributed by atoms with Gasteiger partial charge in [0, 0.05) is 0 Å². The Hall–Kier alpha value is -5.20. The van der Waals surface area contributed by atoms with Crippen LogP contribution in [0.2, 0.25) is 0 Å². The van der Waals surface area contributed by atoms with Crippen LogP contribution >= 0.6 is 0 Å². The largest absolute Gasteiger partial charge is 0.0629 e. The van der Waals surface area contributed by atoms with Crippen molar-refractivity contribution in [3.8, 4) is 33.4 Å². The Morgan fingerprint density at radius 2 is 0.975 bits per heavy atom. The molecule has 8 aromatic rings. The van der Waals surface area contributed by atoms with Gasteiger partial charge in [-0.25, -0.2) is 0 Å². The summed E-state index contributed by atoms with van der Waals surface area (Å²) in [6, 6.07) is 23.4. The van der Waals surface area contributed by atoms with Crippen LogP contribution in [-0.4, -0.2) is 0 Å². The van der Waals surface area contributed by atoms with Crippen molar-refractivity contribution in [3.63, 3.8) is 0 Å². The molecule has 0 heterocycles. The van der Waals surface area contributed by atoms with E-state index in [4.69, 9.17) is 9.60 Å². The van der Waals surface area contributed by atoms with E-state index in [9.17, 15) is 5.48 Å². The van der Waals surface area contributed by atoms with Gasteiger partial charge < -0.3 is 0 Å². The number of rotatable bonds is 3. The Morgan fingerprint density at radius 3 is 1.70 bits per heavy atom. The molecule has 0 atom stereocenters. The molecule has 0 aromatic heterocycles. The topological polar surface area (TPSA) is 0 Å². The Labute approximate surface area is 249 Å². The van der Waals surface area contributed by atoms with Crippen LogP contribution in [0.4, 0.5) is 0 Å². The number of hydrogen-bond acceptors (Lipinski definition) is 0. The van der Waals surface area contributed by atoms with Gasteiger partial charge in [0.25, 0.3) is 0 Å². The van der Waals surface area contributed by atoms with Gasteiger partial charge in [0.1, 0.15) is 0 Å². The molecule has 8 rings (SSSR count). The van der Waals surface area contributed by atoms with Crippen LogP contribution in [0.5, 0.6) is 0 Å². The van der Waals surface area contributed by atoms with Crippen molar-refractivity contribution in [1.29, 1.82) is 0 Å². The summed E-state index contributed by atoms with van der Waals surface area (Å²) in [6.45, 7) is 0. The van der Waals surface area contributed by atoms with Crippen LogP contribution < -0.4 is 0 Å². The predicted molar refractivity (Wildman–Crippen MR) is 173 cm³/mol. The van der Waals surface area contributed by atoms with E-state index in [0.29, 0.717) is 10.9 Å². The van der Waals surface area contributed by atoms with Crippen LogP contribution in [0.3, 0.4) is 0 Å². The standard InChI is InChI=1S/C40H26/c1-2-13-28(14-3-1)39-35-16-6-8-18-37(35)40(38-19-9-7-17-36(38)39)34-23-11-21-32-31(20-10-22-33(32)34)30-25-24-27-12-4-5-15-29(27)26-30/h1-26H/i1D,2D,6D,7D,8D,9D,14D,16D,17D,18D,19D. The molecule has 0 radical (unpaired) electrons. The first-order valence-electron chi connectivity index (χ1n) is 18.5. The first-order valence-corrected chi connectivity index (χ1v) is 13.0. The highest BCUT2D eigenvalue weighted by Gasteiger charge is 2.18. The molecule has 0 heteroatoms. The van der Waals surface area contributed by atoms with Gasteiger partial charge in [-0.3, -0.25) is 0 Å². The highest BCUT2D eigenvalue weighted by atomic mass is 14.2. The minimum absolute atomic E-state index is 0.0154. The number of hydrogen-bond donors (Lipinski definition) is 0. The van der Waals surface area contributed by atoms with E-state index < -0.39 is 48.3 Å². The highest BCUT2D eigenvalue weighted by Crippen LogP contribution is 2.46. The molecule has 0 unspecified atom stereocenters. The van der Waals surface area contributed by atoms with Crippen LogP contribution in [-0.2, 0) is 0 Å². The number of benzene rings is 8. The smallest absolute Gasteiger partial charge is 0.0622 e. The maximum Gasteiger partial charge on any atom is 0.0629 e. The van der Waals surface area contributed by atoms with Crippen LogP contribution in [0, 0.1) is 0 Å². The van der Waals surface area contributed by atoms with Crippen molar-refractivity contribution in [2.75, 3.05) is 0 Å². The third-order valence-electron chi connectivity index (χ3n) is 7.50. The molecule has 0 aliphatic carbocycles. The lowest BCUT2D eigenvalue weighted by Gasteiger charge is -2.19. The fraction of sp³-hybridized carbons (Fsp3) is 0. The lowest BCUT2D eigenvalue weighted by Crippen LogP contribution is -1.92. The molecule has 0 saturated heterocycles. The summed E-state index contributed by atoms with van der Waals surface area (Å²) in [6.07, 6.45) is 0. The monoisotopic (exact) mass is 517 g/mol. The Kier molecular flexibility index (Phi) is 3.29. The molecule has 0 spiro atoms. The normalized spacial score (nSPS) is 15.3. The SMILES string of the molecule is [2H]c1cc([2H])c(-c2c3c([2H])c([2H])c([2H])c([2H])c3c(-c3cccc4c(-c5ccc6ccccc6c5)cccc34)c3c([2H])c([2H])c([2H])c([2H])c23)cc1[2H]. The fourth-order valence-corrected chi connectivity index (χ4v) is 5.76. The molecule has 0 bridgehead atoms. The molecule has 0 aliphatic heterocycles. The van der Waals surface area contributed by atoms with Gasteiger partial charge in [0.2, 0.25) is 0 Å². The Bertz CT molecular complexity index is 2740. The fourth-order valence-electron chi connectivity index (χ4n) is 5.76. The van der Waals surface area contributed by atoms with Crippen LogP contribution in [0.1, 0.15) is 15.1 Å². The first kappa shape index (κ1) is 14.3. The van der Waals surface area contributed by atoms with Gasteiger partial charge in [0.15, 0.2) is 0 Å². The summed E-state index contributed by atoms with van der Waals surface area (Å²) in [5, 5.41) is 3.65. The van der Waals surface area contributed by atoms with Crippen LogP contribution in [0.25, 0.3) is 76.5 Å². The third kappa shape index (κ3) is 3.54. The average molecular weight is 518 g/mol. The van der Waals surface area contributed by atoms with Crippen molar-refractivity contribution in [2.45, 2.75) is 0 Å². The average Bonchev–Trinajstić information content (AvgIpc) is 3.14. The first-order chi connectivity index (χ1) is 24.4. The molecule has 0 aliphatic rings. The van der Waals surface area contributed by atoms with E-state index in [1.807, 2.05) is 60.7 Å². The lowest BCUT2D eigenvalue weighted by molar-refractivity contribution is 1.65. The zero-order valence-corrected chi connectivity index (χ0v) is 21.2. The third-order valence-corrected chi connectivity index (χ3v) is 7.50. The Balaban J connectivity index is 1.62. The van der Waals surface area contributed by atoms with Crippen molar-refractivity contribution in [1.82, 2.24) is 0 Å². The molecule has 0 nitrogen and oxygen atoms in total. The molecule has 186 valence electrons. The second kappa shape index (κ2) is 9.22. The van der Waals surface area contributed by atoms with E-state index in [0.717, 1.165) is 33.4 Å². The van der Waals surface area contributed by atoms with Gasteiger partial charge in [-0.15, -0.1) is 0 Å². The quantitative estimate of drug-likeness (QED) is 0.204. The minimum atomic E-state index is -0.550. The van der Waals surface area contributed by atoms with E-state index in [2.05, 4.69) is 12.1 Å². The van der Waals surface area contributed by atoms with Crippen molar-refractivity contribution in [2.24, 2.45) is 0 Å². The maximum atomic E-state index is 9.27. The summed E-state index contributed by atoms with van der Waals surface area (Å²) >= 11 is 0. The van der Waals surface area contributed by atoms with Gasteiger partial charge in [-0.05, 0) is 82.5 Å². The van der Waals surface area contributed by atoms with Crippen LogP contribution in [0.15, 0.2) is 157 Å². The summed E-state index contributed by atoms with van der Waals surface area (Å²) in [4.78, 5) is 0. The summed E-state index contributed by atoms with van der Waals surface area (Å²) in [7, 11) is 0. The zero-order valence-electron chi connectivity index (χ0n) is 32.2. The van der Waals surface area contributed by atoms with Gasteiger partial charge in [-0.2, -0.15) is 0 Å². The summed E-state index contributed by atoms with van der Waals surface area (Å²) in [5.74, 6) is 0. The Morgan fingerprint density at radius 1 is 0.350 bits per heavy atom. The van der Waals surface area contributed by atoms with Gasteiger partial charge >= 0.3 is 0 Å². The van der Waals surface area contributed by atoms with Crippen molar-refractivity contribution in [3.05, 3.63) is 157 Å². The molecule has 0 N–H and O–H groups in total. The van der Waals surface area contributed by atoms with Crippen molar-refractivity contribution < 1.29 is 15.1 Å². The lowest BCUT2D eigenvalue weighted by atomic mass is 9.84. The molecule has 0 saturated carbocycles. The van der Waals surface area contributed by atoms with E-state index in [1.165, 1.54) is 6.07 Å². The van der Waals surface area contributed by atoms with Crippen molar-refractivity contribution >= 4 is 43.1 Å². The summed E-state index contributed by atoms with van der Waals surface area (Å²) in [5.41, 5.74) is 2.57. The zero-order chi connectivity index (χ0) is 36.0. The molecule has 40 heavy (non-hydrogen) atoms. The molecule has 8 aromatic carbocycles. The van der Waals surface area contributed by atoms with E-state index in [-0.39, 0.29) is 56.4 Å². The van der Waals surface area contributed by atoms with Gasteiger partial charge in [0.05, 0.1) is 15.1 Å². The minimum Gasteiger partial charge on any atom is -0.0622 e. The second-order valence-electron chi connectivity index (χ2n) is 9.65. The van der Waals surface area contributed by atoms with Gasteiger partial charge in [-0.1, -0.05) is 151 Å². The molecule has 0 fully saturated rings. The molecule has 0 amide bonds. The number of fused-ring (bicyclic) bond motifs is 4. The molecular weight excluding hydrogens is 480 g/mol.